The second-order valence-corrected chi connectivity index (χ2v) is 8.02. The number of benzene rings is 1. The van der Waals surface area contributed by atoms with Crippen LogP contribution in [0.25, 0.3) is 11.0 Å². The van der Waals surface area contributed by atoms with E-state index >= 15 is 0 Å². The summed E-state index contributed by atoms with van der Waals surface area (Å²) in [6.07, 6.45) is 4.66. The maximum absolute atomic E-state index is 14.1. The molecule has 1 aliphatic heterocycles. The van der Waals surface area contributed by atoms with Gasteiger partial charge >= 0.3 is 0 Å². The Kier molecular flexibility index (Phi) is 5.76. The normalized spacial score (nSPS) is 27.0. The third kappa shape index (κ3) is 3.84. The van der Waals surface area contributed by atoms with Crippen LogP contribution in [0.4, 0.5) is 19.1 Å². The molecule has 6 nitrogen and oxygen atoms in total. The van der Waals surface area contributed by atoms with Gasteiger partial charge in [0, 0.05) is 25.2 Å². The molecule has 2 aliphatic rings. The molecule has 157 valence electrons. The maximum atomic E-state index is 14.1. The first-order valence-electron chi connectivity index (χ1n) is 10.2. The molecule has 1 saturated carbocycles. The van der Waals surface area contributed by atoms with E-state index in [0.717, 1.165) is 44.2 Å². The van der Waals surface area contributed by atoms with Crippen LogP contribution in [0.5, 0.6) is 0 Å². The quantitative estimate of drug-likeness (QED) is 0.727. The number of fused-ring (bicyclic) bond motifs is 1. The van der Waals surface area contributed by atoms with E-state index in [1.807, 2.05) is 9.47 Å². The second kappa shape index (κ2) is 8.30. The van der Waals surface area contributed by atoms with Crippen molar-refractivity contribution in [3.8, 4) is 0 Å². The number of nitrogens with zero attached hydrogens (tertiary/aromatic N) is 4. The highest BCUT2D eigenvalue weighted by atomic mass is 19.2. The van der Waals surface area contributed by atoms with E-state index in [1.165, 1.54) is 0 Å². The molecule has 0 spiro atoms. The minimum Gasteiger partial charge on any atom is -0.340 e. The summed E-state index contributed by atoms with van der Waals surface area (Å²) in [4.78, 5) is 6.47. The van der Waals surface area contributed by atoms with Gasteiger partial charge in [0.2, 0.25) is 5.95 Å². The van der Waals surface area contributed by atoms with Gasteiger partial charge in [0.25, 0.3) is 0 Å². The maximum Gasteiger partial charge on any atom is 0.206 e. The predicted molar refractivity (Wildman–Crippen MR) is 104 cm³/mol. The van der Waals surface area contributed by atoms with Crippen molar-refractivity contribution in [3.05, 3.63) is 29.8 Å². The van der Waals surface area contributed by atoms with Gasteiger partial charge in [0.1, 0.15) is 12.2 Å². The van der Waals surface area contributed by atoms with E-state index in [1.54, 1.807) is 0 Å². The monoisotopic (exact) mass is 407 g/mol. The summed E-state index contributed by atoms with van der Waals surface area (Å²) >= 11 is 0. The SMILES string of the molecule is N=N[C]1CCCCCCC1n1c(N2CC[C@@H](F)[C@H](N)C2)nc2cc(F)c(F)cc21. The van der Waals surface area contributed by atoms with Gasteiger partial charge in [-0.05, 0) is 19.3 Å². The molecule has 3 atom stereocenters. The van der Waals surface area contributed by atoms with E-state index in [-0.39, 0.29) is 19.0 Å². The third-order valence-corrected chi connectivity index (χ3v) is 6.07. The average Bonchev–Trinajstić information content (AvgIpc) is 3.02. The molecule has 2 fully saturated rings. The van der Waals surface area contributed by atoms with Crippen LogP contribution in [-0.2, 0) is 0 Å². The number of hydrogen-bond acceptors (Lipinski definition) is 5. The molecule has 29 heavy (non-hydrogen) atoms. The topological polar surface area (TPSA) is 83.3 Å². The van der Waals surface area contributed by atoms with E-state index < -0.39 is 23.8 Å². The van der Waals surface area contributed by atoms with E-state index in [0.29, 0.717) is 36.0 Å². The molecule has 1 aromatic heterocycles. The van der Waals surface area contributed by atoms with Crippen molar-refractivity contribution < 1.29 is 13.2 Å². The number of piperidine rings is 1. The molecule has 0 bridgehead atoms. The third-order valence-electron chi connectivity index (χ3n) is 6.07. The number of nitrogens with one attached hydrogen (secondary N) is 1. The summed E-state index contributed by atoms with van der Waals surface area (Å²) in [6.45, 7) is 0.693. The summed E-state index contributed by atoms with van der Waals surface area (Å²) in [5, 5.41) is 3.79. The summed E-state index contributed by atoms with van der Waals surface area (Å²) < 4.78 is 43.8. The lowest BCUT2D eigenvalue weighted by molar-refractivity contribution is 0.242. The van der Waals surface area contributed by atoms with Crippen LogP contribution < -0.4 is 10.6 Å². The summed E-state index contributed by atoms with van der Waals surface area (Å²) in [5.41, 5.74) is 14.4. The van der Waals surface area contributed by atoms with E-state index in [9.17, 15) is 13.2 Å². The smallest absolute Gasteiger partial charge is 0.206 e. The van der Waals surface area contributed by atoms with Crippen LogP contribution >= 0.6 is 0 Å². The lowest BCUT2D eigenvalue weighted by Gasteiger charge is -2.36. The van der Waals surface area contributed by atoms with Gasteiger partial charge in [-0.1, -0.05) is 25.7 Å². The Labute approximate surface area is 167 Å². The van der Waals surface area contributed by atoms with Crippen molar-refractivity contribution in [1.82, 2.24) is 9.55 Å². The van der Waals surface area contributed by atoms with Gasteiger partial charge < -0.3 is 15.2 Å². The van der Waals surface area contributed by atoms with Crippen molar-refractivity contribution in [2.75, 3.05) is 18.0 Å². The molecule has 2 heterocycles. The Hall–Kier alpha value is -2.16. The van der Waals surface area contributed by atoms with Crippen molar-refractivity contribution in [2.24, 2.45) is 10.8 Å². The molecule has 9 heteroatoms. The number of anilines is 1. The van der Waals surface area contributed by atoms with Crippen LogP contribution in [0.15, 0.2) is 17.2 Å². The minimum atomic E-state index is -1.08. The average molecular weight is 407 g/mol. The predicted octanol–water partition coefficient (Wildman–Crippen LogP) is 4.65. The minimum absolute atomic E-state index is 0.267. The Morgan fingerprint density at radius 2 is 1.86 bits per heavy atom. The lowest BCUT2D eigenvalue weighted by Crippen LogP contribution is -2.50. The van der Waals surface area contributed by atoms with Gasteiger partial charge in [-0.3, -0.25) is 0 Å². The Bertz CT molecular complexity index is 885. The first-order chi connectivity index (χ1) is 14.0. The highest BCUT2D eigenvalue weighted by Gasteiger charge is 2.34. The van der Waals surface area contributed by atoms with Crippen LogP contribution in [0, 0.1) is 23.2 Å². The summed E-state index contributed by atoms with van der Waals surface area (Å²) in [5.74, 6) is -1.39. The molecule has 1 radical (unpaired) electrons. The second-order valence-electron chi connectivity index (χ2n) is 8.02. The Balaban J connectivity index is 1.85. The van der Waals surface area contributed by atoms with Crippen molar-refractivity contribution in [1.29, 1.82) is 5.53 Å². The number of alkyl halides is 1. The molecule has 2 aromatic rings. The molecule has 1 unspecified atom stereocenters. The molecule has 3 N–H and O–H groups in total. The molecule has 1 aromatic carbocycles. The fourth-order valence-electron chi connectivity index (χ4n) is 4.48. The van der Waals surface area contributed by atoms with Gasteiger partial charge in [-0.15, -0.1) is 0 Å². The zero-order valence-corrected chi connectivity index (χ0v) is 16.3. The number of nitrogens with two attached hydrogens (primary N) is 1. The van der Waals surface area contributed by atoms with Gasteiger partial charge in [-0.25, -0.2) is 23.7 Å². The lowest BCUT2D eigenvalue weighted by atomic mass is 9.92. The van der Waals surface area contributed by atoms with E-state index in [2.05, 4.69) is 10.1 Å². The van der Waals surface area contributed by atoms with Crippen LogP contribution in [-0.4, -0.2) is 34.9 Å². The molecular weight excluding hydrogens is 381 g/mol. The van der Waals surface area contributed by atoms with Crippen LogP contribution in [0.3, 0.4) is 0 Å². The van der Waals surface area contributed by atoms with Crippen molar-refractivity contribution >= 4 is 17.0 Å². The molecule has 4 rings (SSSR count). The van der Waals surface area contributed by atoms with Crippen molar-refractivity contribution in [2.45, 2.75) is 63.2 Å². The Morgan fingerprint density at radius 1 is 1.10 bits per heavy atom. The summed E-state index contributed by atoms with van der Waals surface area (Å²) in [6, 6.07) is 2.04. The number of halogens is 3. The zero-order chi connectivity index (χ0) is 20.5. The first kappa shape index (κ1) is 20.1. The fourth-order valence-corrected chi connectivity index (χ4v) is 4.48. The molecule has 1 aliphatic carbocycles. The van der Waals surface area contributed by atoms with Crippen LogP contribution in [0.1, 0.15) is 51.0 Å². The van der Waals surface area contributed by atoms with Crippen molar-refractivity contribution in [3.63, 3.8) is 0 Å². The molecule has 1 saturated heterocycles. The van der Waals surface area contributed by atoms with Gasteiger partial charge in [-0.2, -0.15) is 5.11 Å². The van der Waals surface area contributed by atoms with Gasteiger partial charge in [0.05, 0.1) is 23.1 Å². The number of rotatable bonds is 3. The molecule has 0 amide bonds. The highest BCUT2D eigenvalue weighted by molar-refractivity contribution is 5.79. The summed E-state index contributed by atoms with van der Waals surface area (Å²) in [7, 11) is 0. The highest BCUT2D eigenvalue weighted by Crippen LogP contribution is 2.40. The largest absolute Gasteiger partial charge is 0.340 e. The zero-order valence-electron chi connectivity index (χ0n) is 16.3. The molecular formula is C20H26F3N6. The first-order valence-corrected chi connectivity index (χ1v) is 10.2. The van der Waals surface area contributed by atoms with E-state index in [4.69, 9.17) is 11.3 Å². The number of hydrogen-bond donors (Lipinski definition) is 2. The Morgan fingerprint density at radius 3 is 2.62 bits per heavy atom. The van der Waals surface area contributed by atoms with Gasteiger partial charge in [0.15, 0.2) is 11.6 Å². The number of imidazole rings is 1. The van der Waals surface area contributed by atoms with Crippen LogP contribution in [0.2, 0.25) is 0 Å². The fraction of sp³-hybridized carbons (Fsp3) is 0.600. The number of aromatic nitrogens is 2. The standard InChI is InChI=1S/C20H26F3N6/c21-12-7-8-28(11-15(12)24)20-26-17-9-13(22)14(23)10-19(17)29(20)18-6-4-2-1-3-5-16(18)27-25/h9-10,12,15,18,25H,1-8,11,24H2/t12-,15-,18?/m1/s1.